The van der Waals surface area contributed by atoms with Crippen LogP contribution in [-0.4, -0.2) is 15.7 Å². The number of carbonyl (C=O) groups is 1. The Morgan fingerprint density at radius 3 is 2.28 bits per heavy atom. The number of nitrogens with zero attached hydrogens (tertiary/aromatic N) is 2. The first-order chi connectivity index (χ1) is 12.1. The highest BCUT2D eigenvalue weighted by molar-refractivity contribution is 5.73. The van der Waals surface area contributed by atoms with E-state index in [1.807, 2.05) is 86.1 Å². The second-order valence-electron chi connectivity index (χ2n) is 6.12. The summed E-state index contributed by atoms with van der Waals surface area (Å²) >= 11 is 0. The Morgan fingerprint density at radius 1 is 1.04 bits per heavy atom. The second kappa shape index (κ2) is 7.34. The molecule has 3 aromatic rings. The highest BCUT2D eigenvalue weighted by atomic mass is 16.5. The lowest BCUT2D eigenvalue weighted by Gasteiger charge is -2.13. The Hall–Kier alpha value is -2.88. The van der Waals surface area contributed by atoms with Crippen LogP contribution in [0.15, 0.2) is 60.7 Å². The van der Waals surface area contributed by atoms with Crippen molar-refractivity contribution in [1.29, 1.82) is 0 Å². The molecule has 0 bridgehead atoms. The van der Waals surface area contributed by atoms with Crippen LogP contribution in [0.2, 0.25) is 0 Å². The first-order valence-electron chi connectivity index (χ1n) is 8.41. The van der Waals surface area contributed by atoms with Gasteiger partial charge in [-0.25, -0.2) is 4.68 Å². The maximum atomic E-state index is 12.4. The number of rotatable bonds is 5. The maximum absolute atomic E-state index is 12.4. The molecule has 4 heteroatoms. The molecule has 1 atom stereocenters. The minimum Gasteiger partial charge on any atom is -0.458 e. The summed E-state index contributed by atoms with van der Waals surface area (Å²) in [5.74, 6) is -0.241. The molecule has 1 heterocycles. The molecule has 0 saturated heterocycles. The molecule has 0 aliphatic heterocycles. The minimum atomic E-state index is -0.265. The number of para-hydroxylation sites is 1. The molecule has 0 spiro atoms. The lowest BCUT2D eigenvalue weighted by Crippen LogP contribution is -2.12. The van der Waals surface area contributed by atoms with E-state index in [-0.39, 0.29) is 18.5 Å². The summed E-state index contributed by atoms with van der Waals surface area (Å²) in [5, 5.41) is 4.58. The van der Waals surface area contributed by atoms with Gasteiger partial charge in [0.1, 0.15) is 6.10 Å². The molecule has 0 N–H and O–H groups in total. The van der Waals surface area contributed by atoms with Crippen molar-refractivity contribution in [2.75, 3.05) is 0 Å². The number of aromatic nitrogens is 2. The van der Waals surface area contributed by atoms with E-state index in [4.69, 9.17) is 4.74 Å². The summed E-state index contributed by atoms with van der Waals surface area (Å²) in [6.07, 6.45) is -0.0414. The largest absolute Gasteiger partial charge is 0.458 e. The monoisotopic (exact) mass is 334 g/mol. The number of esters is 1. The third-order valence-electron chi connectivity index (χ3n) is 4.34. The van der Waals surface area contributed by atoms with E-state index in [9.17, 15) is 4.79 Å². The van der Waals surface area contributed by atoms with Gasteiger partial charge in [-0.15, -0.1) is 0 Å². The van der Waals surface area contributed by atoms with Crippen LogP contribution in [-0.2, 0) is 16.0 Å². The summed E-state index contributed by atoms with van der Waals surface area (Å²) in [4.78, 5) is 12.4. The van der Waals surface area contributed by atoms with Crippen LogP contribution >= 0.6 is 0 Å². The van der Waals surface area contributed by atoms with Gasteiger partial charge in [0.2, 0.25) is 0 Å². The van der Waals surface area contributed by atoms with E-state index in [1.54, 1.807) is 0 Å². The summed E-state index contributed by atoms with van der Waals surface area (Å²) in [5.41, 5.74) is 4.72. The molecule has 0 aliphatic rings. The van der Waals surface area contributed by atoms with Gasteiger partial charge in [-0.2, -0.15) is 5.10 Å². The predicted octanol–water partition coefficient (Wildman–Crippen LogP) is 4.34. The van der Waals surface area contributed by atoms with Gasteiger partial charge in [-0.3, -0.25) is 4.79 Å². The summed E-state index contributed by atoms with van der Waals surface area (Å²) in [6.45, 7) is 5.80. The molecule has 0 aliphatic carbocycles. The molecular formula is C21H22N2O2. The number of carbonyl (C=O) groups excluding carboxylic acids is 1. The van der Waals surface area contributed by atoms with Gasteiger partial charge in [-0.1, -0.05) is 48.5 Å². The lowest BCUT2D eigenvalue weighted by atomic mass is 10.1. The Labute approximate surface area is 148 Å². The smallest absolute Gasteiger partial charge is 0.310 e. The van der Waals surface area contributed by atoms with Gasteiger partial charge in [0, 0.05) is 11.3 Å². The van der Waals surface area contributed by atoms with Crippen molar-refractivity contribution in [3.8, 4) is 5.69 Å². The first-order valence-corrected chi connectivity index (χ1v) is 8.41. The van der Waals surface area contributed by atoms with Crippen molar-refractivity contribution in [3.05, 3.63) is 83.2 Å². The molecule has 25 heavy (non-hydrogen) atoms. The van der Waals surface area contributed by atoms with Crippen molar-refractivity contribution in [2.24, 2.45) is 0 Å². The number of benzene rings is 2. The molecule has 2 aromatic carbocycles. The molecule has 128 valence electrons. The van der Waals surface area contributed by atoms with Crippen LogP contribution in [0, 0.1) is 13.8 Å². The van der Waals surface area contributed by atoms with Crippen molar-refractivity contribution in [3.63, 3.8) is 0 Å². The average molecular weight is 334 g/mol. The molecule has 0 amide bonds. The first kappa shape index (κ1) is 17.0. The lowest BCUT2D eigenvalue weighted by molar-refractivity contribution is -0.147. The standard InChI is InChI=1S/C21H22N2O2/c1-15-20(16(2)23(22-15)19-12-8-5-9-13-19)14-21(24)25-17(3)18-10-6-4-7-11-18/h4-13,17H,14H2,1-3H3/t17-/m1/s1. The van der Waals surface area contributed by atoms with Crippen LogP contribution in [0.25, 0.3) is 5.69 Å². The third kappa shape index (κ3) is 3.79. The highest BCUT2D eigenvalue weighted by Gasteiger charge is 2.18. The molecule has 1 aromatic heterocycles. The Bertz CT molecular complexity index is 854. The number of ether oxygens (including phenoxy) is 1. The van der Waals surface area contributed by atoms with Crippen LogP contribution in [0.4, 0.5) is 0 Å². The van der Waals surface area contributed by atoms with E-state index in [2.05, 4.69) is 5.10 Å². The predicted molar refractivity (Wildman–Crippen MR) is 97.7 cm³/mol. The molecule has 0 saturated carbocycles. The molecule has 4 nitrogen and oxygen atoms in total. The molecular weight excluding hydrogens is 312 g/mol. The van der Waals surface area contributed by atoms with Gasteiger partial charge in [-0.05, 0) is 38.5 Å². The van der Waals surface area contributed by atoms with E-state index in [1.165, 1.54) is 0 Å². The van der Waals surface area contributed by atoms with Gasteiger partial charge in [0.15, 0.2) is 0 Å². The summed E-state index contributed by atoms with van der Waals surface area (Å²) < 4.78 is 7.46. The summed E-state index contributed by atoms with van der Waals surface area (Å²) in [6, 6.07) is 19.7. The van der Waals surface area contributed by atoms with Gasteiger partial charge >= 0.3 is 5.97 Å². The van der Waals surface area contributed by atoms with Crippen LogP contribution in [0.5, 0.6) is 0 Å². The fourth-order valence-corrected chi connectivity index (χ4v) is 2.93. The SMILES string of the molecule is Cc1nn(-c2ccccc2)c(C)c1CC(=O)O[C@H](C)c1ccccc1. The van der Waals surface area contributed by atoms with E-state index < -0.39 is 0 Å². The van der Waals surface area contributed by atoms with Crippen LogP contribution in [0.1, 0.15) is 35.5 Å². The van der Waals surface area contributed by atoms with Gasteiger partial charge in [0.25, 0.3) is 0 Å². The van der Waals surface area contributed by atoms with Crippen LogP contribution < -0.4 is 0 Å². The van der Waals surface area contributed by atoms with E-state index >= 15 is 0 Å². The molecule has 0 unspecified atom stereocenters. The fourth-order valence-electron chi connectivity index (χ4n) is 2.93. The molecule has 0 fully saturated rings. The zero-order valence-corrected chi connectivity index (χ0v) is 14.8. The highest BCUT2D eigenvalue weighted by Crippen LogP contribution is 2.21. The summed E-state index contributed by atoms with van der Waals surface area (Å²) in [7, 11) is 0. The van der Waals surface area contributed by atoms with Crippen molar-refractivity contribution in [2.45, 2.75) is 33.3 Å². The quantitative estimate of drug-likeness (QED) is 0.652. The van der Waals surface area contributed by atoms with Crippen molar-refractivity contribution < 1.29 is 9.53 Å². The second-order valence-corrected chi connectivity index (χ2v) is 6.12. The Balaban J connectivity index is 1.75. The average Bonchev–Trinajstić information content (AvgIpc) is 2.91. The minimum absolute atomic E-state index is 0.224. The molecule has 3 rings (SSSR count). The van der Waals surface area contributed by atoms with Gasteiger partial charge < -0.3 is 4.74 Å². The Morgan fingerprint density at radius 2 is 1.64 bits per heavy atom. The zero-order chi connectivity index (χ0) is 17.8. The van der Waals surface area contributed by atoms with Crippen molar-refractivity contribution in [1.82, 2.24) is 9.78 Å². The third-order valence-corrected chi connectivity index (χ3v) is 4.34. The Kier molecular flexibility index (Phi) is 4.98. The van der Waals surface area contributed by atoms with E-state index in [0.717, 1.165) is 28.2 Å². The topological polar surface area (TPSA) is 44.1 Å². The number of aryl methyl sites for hydroxylation is 1. The van der Waals surface area contributed by atoms with E-state index in [0.29, 0.717) is 0 Å². The van der Waals surface area contributed by atoms with Crippen LogP contribution in [0.3, 0.4) is 0 Å². The molecule has 0 radical (unpaired) electrons. The zero-order valence-electron chi connectivity index (χ0n) is 14.8. The van der Waals surface area contributed by atoms with Gasteiger partial charge in [0.05, 0.1) is 17.8 Å². The number of hydrogen-bond donors (Lipinski definition) is 0. The maximum Gasteiger partial charge on any atom is 0.310 e. The normalized spacial score (nSPS) is 12.0. The fraction of sp³-hybridized carbons (Fsp3) is 0.238. The van der Waals surface area contributed by atoms with Crippen molar-refractivity contribution >= 4 is 5.97 Å². The number of hydrogen-bond acceptors (Lipinski definition) is 3.